The number of likely N-dealkylation sites (tertiary alicyclic amines) is 1. The van der Waals surface area contributed by atoms with Gasteiger partial charge in [0, 0.05) is 32.0 Å². The molecule has 1 aliphatic heterocycles. The lowest BCUT2D eigenvalue weighted by Crippen LogP contribution is -2.38. The van der Waals surface area contributed by atoms with E-state index >= 15 is 0 Å². The molecule has 0 N–H and O–H groups in total. The Balaban J connectivity index is 1.15. The van der Waals surface area contributed by atoms with Crippen LogP contribution in [0.4, 0.5) is 0 Å². The maximum atomic E-state index is 12.7. The molecule has 0 spiro atoms. The molecule has 32 heavy (non-hydrogen) atoms. The Hall–Kier alpha value is -3.06. The molecule has 2 aromatic heterocycles. The maximum Gasteiger partial charge on any atom is 0.261 e. The highest BCUT2D eigenvalue weighted by molar-refractivity contribution is 7.18. The number of para-hydroxylation sites is 2. The molecule has 1 saturated heterocycles. The van der Waals surface area contributed by atoms with Crippen molar-refractivity contribution in [1.29, 1.82) is 0 Å². The van der Waals surface area contributed by atoms with Gasteiger partial charge in [0.2, 0.25) is 5.91 Å². The number of amides is 1. The van der Waals surface area contributed by atoms with Gasteiger partial charge in [-0.1, -0.05) is 24.3 Å². The van der Waals surface area contributed by atoms with E-state index in [1.165, 1.54) is 9.71 Å². The smallest absolute Gasteiger partial charge is 0.261 e. The molecule has 2 aromatic carbocycles. The average molecular weight is 447 g/mol. The second-order valence-electron chi connectivity index (χ2n) is 8.49. The first kappa shape index (κ1) is 20.8. The van der Waals surface area contributed by atoms with Crippen LogP contribution in [0.25, 0.3) is 21.1 Å². The monoisotopic (exact) mass is 446 g/mol. The molecule has 164 valence electrons. The number of piperidine rings is 1. The Bertz CT molecular complexity index is 1300. The van der Waals surface area contributed by atoms with Crippen LogP contribution in [-0.4, -0.2) is 38.4 Å². The zero-order chi connectivity index (χ0) is 22.1. The Kier molecular flexibility index (Phi) is 5.74. The lowest BCUT2D eigenvalue weighted by molar-refractivity contribution is -0.132. The molecule has 1 fully saturated rings. The molecule has 0 saturated carbocycles. The lowest BCUT2D eigenvalue weighted by atomic mass is 9.97. The normalized spacial score (nSPS) is 15.0. The summed E-state index contributed by atoms with van der Waals surface area (Å²) < 4.78 is 2.85. The highest BCUT2D eigenvalue weighted by Crippen LogP contribution is 2.33. The van der Waals surface area contributed by atoms with E-state index < -0.39 is 0 Å². The third kappa shape index (κ3) is 4.05. The van der Waals surface area contributed by atoms with Crippen molar-refractivity contribution in [1.82, 2.24) is 19.4 Å². The van der Waals surface area contributed by atoms with E-state index in [0.29, 0.717) is 30.7 Å². The number of fused-ring (bicyclic) bond motifs is 2. The predicted octanol–water partition coefficient (Wildman–Crippen LogP) is 4.50. The van der Waals surface area contributed by atoms with E-state index in [0.717, 1.165) is 42.5 Å². The minimum absolute atomic E-state index is 0.0391. The first-order chi connectivity index (χ1) is 15.6. The minimum Gasteiger partial charge on any atom is -0.343 e. The molecule has 1 aliphatic rings. The second-order valence-corrected chi connectivity index (χ2v) is 9.55. The SMILES string of the molecule is Cc1cccc2c(=O)n(CCCC(=O)N3CCC(c4nc5ccccc5s4)CC3)cnc12. The summed E-state index contributed by atoms with van der Waals surface area (Å²) in [6.45, 7) is 4.01. The number of aromatic nitrogens is 3. The van der Waals surface area contributed by atoms with Crippen molar-refractivity contribution in [3.8, 4) is 0 Å². The van der Waals surface area contributed by atoms with Crippen LogP contribution in [0.5, 0.6) is 0 Å². The summed E-state index contributed by atoms with van der Waals surface area (Å²) >= 11 is 1.77. The van der Waals surface area contributed by atoms with Crippen LogP contribution in [0.3, 0.4) is 0 Å². The van der Waals surface area contributed by atoms with Crippen molar-refractivity contribution in [3.63, 3.8) is 0 Å². The molecule has 1 amide bonds. The van der Waals surface area contributed by atoms with Crippen molar-refractivity contribution in [2.75, 3.05) is 13.1 Å². The first-order valence-electron chi connectivity index (χ1n) is 11.2. The van der Waals surface area contributed by atoms with Gasteiger partial charge in [0.1, 0.15) is 0 Å². The molecule has 5 rings (SSSR count). The molecule has 7 heteroatoms. The summed E-state index contributed by atoms with van der Waals surface area (Å²) in [6.07, 6.45) is 4.60. The van der Waals surface area contributed by atoms with Crippen LogP contribution in [-0.2, 0) is 11.3 Å². The van der Waals surface area contributed by atoms with Crippen LogP contribution in [0.1, 0.15) is 42.2 Å². The zero-order valence-corrected chi connectivity index (χ0v) is 19.0. The zero-order valence-electron chi connectivity index (χ0n) is 18.2. The minimum atomic E-state index is -0.0391. The van der Waals surface area contributed by atoms with E-state index in [-0.39, 0.29) is 11.5 Å². The summed E-state index contributed by atoms with van der Waals surface area (Å²) in [4.78, 5) is 36.7. The number of rotatable bonds is 5. The van der Waals surface area contributed by atoms with Crippen LogP contribution in [0.2, 0.25) is 0 Å². The van der Waals surface area contributed by atoms with Gasteiger partial charge >= 0.3 is 0 Å². The fraction of sp³-hybridized carbons (Fsp3) is 0.360. The van der Waals surface area contributed by atoms with Gasteiger partial charge in [-0.15, -0.1) is 11.3 Å². The van der Waals surface area contributed by atoms with Gasteiger partial charge < -0.3 is 4.90 Å². The van der Waals surface area contributed by atoms with Gasteiger partial charge in [0.05, 0.1) is 32.5 Å². The van der Waals surface area contributed by atoms with Gasteiger partial charge in [-0.05, 0) is 49.9 Å². The number of benzene rings is 2. The summed E-state index contributed by atoms with van der Waals surface area (Å²) in [5, 5.41) is 1.83. The van der Waals surface area contributed by atoms with Gasteiger partial charge in [0.15, 0.2) is 0 Å². The molecular formula is C25H26N4O2S. The third-order valence-corrected chi connectivity index (χ3v) is 7.55. The number of hydrogen-bond acceptors (Lipinski definition) is 5. The first-order valence-corrected chi connectivity index (χ1v) is 12.0. The van der Waals surface area contributed by atoms with E-state index in [1.807, 2.05) is 36.1 Å². The Morgan fingerprint density at radius 2 is 1.94 bits per heavy atom. The van der Waals surface area contributed by atoms with E-state index in [2.05, 4.69) is 23.2 Å². The van der Waals surface area contributed by atoms with Gasteiger partial charge in [-0.25, -0.2) is 9.97 Å². The molecule has 0 radical (unpaired) electrons. The van der Waals surface area contributed by atoms with Crippen molar-refractivity contribution >= 4 is 38.4 Å². The van der Waals surface area contributed by atoms with Crippen molar-refractivity contribution < 1.29 is 4.79 Å². The fourth-order valence-electron chi connectivity index (χ4n) is 4.50. The Morgan fingerprint density at radius 3 is 2.75 bits per heavy atom. The molecule has 0 aliphatic carbocycles. The highest BCUT2D eigenvalue weighted by atomic mass is 32.1. The summed E-state index contributed by atoms with van der Waals surface area (Å²) in [6, 6.07) is 13.9. The Labute approximate surface area is 190 Å². The summed E-state index contributed by atoms with van der Waals surface area (Å²) in [7, 11) is 0. The average Bonchev–Trinajstić information content (AvgIpc) is 3.25. The van der Waals surface area contributed by atoms with Crippen molar-refractivity contribution in [3.05, 3.63) is 69.7 Å². The maximum absolute atomic E-state index is 12.7. The number of carbonyl (C=O) groups is 1. The molecule has 0 bridgehead atoms. The van der Waals surface area contributed by atoms with Gasteiger partial charge in [0.25, 0.3) is 5.56 Å². The van der Waals surface area contributed by atoms with E-state index in [1.54, 1.807) is 22.2 Å². The lowest BCUT2D eigenvalue weighted by Gasteiger charge is -2.31. The molecule has 6 nitrogen and oxygen atoms in total. The van der Waals surface area contributed by atoms with Gasteiger partial charge in [-0.2, -0.15) is 0 Å². The highest BCUT2D eigenvalue weighted by Gasteiger charge is 2.25. The van der Waals surface area contributed by atoms with E-state index in [4.69, 9.17) is 4.98 Å². The van der Waals surface area contributed by atoms with E-state index in [9.17, 15) is 9.59 Å². The summed E-state index contributed by atoms with van der Waals surface area (Å²) in [5.41, 5.74) is 2.78. The fourth-order valence-corrected chi connectivity index (χ4v) is 5.63. The Morgan fingerprint density at radius 1 is 1.12 bits per heavy atom. The second kappa shape index (κ2) is 8.82. The van der Waals surface area contributed by atoms with Gasteiger partial charge in [-0.3, -0.25) is 14.2 Å². The predicted molar refractivity (Wildman–Crippen MR) is 128 cm³/mol. The summed E-state index contributed by atoms with van der Waals surface area (Å²) in [5.74, 6) is 0.604. The quantitative estimate of drug-likeness (QED) is 0.453. The molecule has 4 aromatic rings. The number of hydrogen-bond donors (Lipinski definition) is 0. The standard InChI is InChI=1S/C25H26N4O2S/c1-17-6-4-7-19-23(17)26-16-29(25(19)31)13-5-10-22(30)28-14-11-18(12-15-28)24-27-20-8-2-3-9-21(20)32-24/h2-4,6-9,16,18H,5,10-15H2,1H3. The number of nitrogens with zero attached hydrogens (tertiary/aromatic N) is 4. The van der Waals surface area contributed by atoms with Crippen LogP contribution >= 0.6 is 11.3 Å². The largest absolute Gasteiger partial charge is 0.343 e. The molecule has 3 heterocycles. The molecular weight excluding hydrogens is 420 g/mol. The molecule has 0 atom stereocenters. The number of carbonyl (C=O) groups excluding carboxylic acids is 1. The number of aryl methyl sites for hydroxylation is 2. The van der Waals surface area contributed by atoms with Crippen molar-refractivity contribution in [2.24, 2.45) is 0 Å². The van der Waals surface area contributed by atoms with Crippen molar-refractivity contribution in [2.45, 2.75) is 45.1 Å². The van der Waals surface area contributed by atoms with Crippen LogP contribution in [0.15, 0.2) is 53.6 Å². The molecule has 0 unspecified atom stereocenters. The van der Waals surface area contributed by atoms with Crippen LogP contribution < -0.4 is 5.56 Å². The number of thiazole rings is 1. The third-order valence-electron chi connectivity index (χ3n) is 6.35. The van der Waals surface area contributed by atoms with Crippen LogP contribution in [0, 0.1) is 6.92 Å². The topological polar surface area (TPSA) is 68.1 Å².